The van der Waals surface area contributed by atoms with Crippen LogP contribution >= 0.6 is 15.9 Å². The van der Waals surface area contributed by atoms with Crippen molar-refractivity contribution in [3.63, 3.8) is 0 Å². The minimum Gasteiger partial charge on any atom is -0.497 e. The topological polar surface area (TPSA) is 43.6 Å². The van der Waals surface area contributed by atoms with Crippen molar-refractivity contribution in [2.45, 2.75) is 13.0 Å². The van der Waals surface area contributed by atoms with Gasteiger partial charge in [-0.2, -0.15) is 0 Å². The Balaban J connectivity index is 2.50. The fraction of sp³-hybridized carbons (Fsp3) is 0.333. The van der Waals surface area contributed by atoms with Gasteiger partial charge in [-0.3, -0.25) is 0 Å². The Morgan fingerprint density at radius 2 is 2.00 bits per heavy atom. The predicted molar refractivity (Wildman–Crippen MR) is 81.5 cm³/mol. The molecule has 0 aliphatic rings. The van der Waals surface area contributed by atoms with E-state index in [1.165, 1.54) is 0 Å². The van der Waals surface area contributed by atoms with Crippen LogP contribution in [0.15, 0.2) is 39.6 Å². The Morgan fingerprint density at radius 1 is 1.20 bits per heavy atom. The highest BCUT2D eigenvalue weighted by Gasteiger charge is 2.22. The molecule has 5 heteroatoms. The molecule has 0 saturated carbocycles. The highest BCUT2D eigenvalue weighted by atomic mass is 79.9. The first-order valence-corrected chi connectivity index (χ1v) is 7.18. The second-order valence-electron chi connectivity index (χ2n) is 4.25. The van der Waals surface area contributed by atoms with Crippen molar-refractivity contribution < 1.29 is 13.9 Å². The van der Waals surface area contributed by atoms with E-state index >= 15 is 0 Å². The molecular weight excluding hydrogens is 322 g/mol. The molecule has 1 N–H and O–H groups in total. The van der Waals surface area contributed by atoms with Gasteiger partial charge in [-0.15, -0.1) is 0 Å². The number of nitrogens with one attached hydrogen (secondary N) is 1. The van der Waals surface area contributed by atoms with E-state index < -0.39 is 0 Å². The van der Waals surface area contributed by atoms with Crippen LogP contribution in [0.2, 0.25) is 0 Å². The first-order valence-electron chi connectivity index (χ1n) is 6.39. The highest BCUT2D eigenvalue weighted by Crippen LogP contribution is 2.36. The number of methoxy groups -OCH3 is 2. The average Bonchev–Trinajstić information content (AvgIpc) is 2.90. The number of hydrogen-bond acceptors (Lipinski definition) is 4. The van der Waals surface area contributed by atoms with E-state index in [1.807, 2.05) is 24.3 Å². The van der Waals surface area contributed by atoms with E-state index in [0.717, 1.165) is 29.2 Å². The monoisotopic (exact) mass is 339 g/mol. The van der Waals surface area contributed by atoms with Crippen LogP contribution in [0.25, 0.3) is 0 Å². The molecule has 2 rings (SSSR count). The number of rotatable bonds is 6. The van der Waals surface area contributed by atoms with Crippen LogP contribution in [-0.4, -0.2) is 20.8 Å². The van der Waals surface area contributed by atoms with Gasteiger partial charge in [0.15, 0.2) is 4.67 Å². The van der Waals surface area contributed by atoms with Crippen LogP contribution in [0, 0.1) is 0 Å². The van der Waals surface area contributed by atoms with E-state index in [4.69, 9.17) is 13.9 Å². The smallest absolute Gasteiger partial charge is 0.174 e. The Kier molecular flexibility index (Phi) is 5.09. The standard InChI is InChI=1S/C15H18BrNO3/c1-4-17-14(11-7-8-20-15(11)16)12-9-10(18-2)5-6-13(12)19-3/h5-9,14,17H,4H2,1-3H3. The SMILES string of the molecule is CCNC(c1cc(OC)ccc1OC)c1ccoc1Br. The zero-order valence-corrected chi connectivity index (χ0v) is 13.4. The van der Waals surface area contributed by atoms with Gasteiger partial charge in [-0.25, -0.2) is 0 Å². The maximum absolute atomic E-state index is 5.47. The predicted octanol–water partition coefficient (Wildman–Crippen LogP) is 3.76. The summed E-state index contributed by atoms with van der Waals surface area (Å²) in [5.74, 6) is 1.60. The molecule has 1 aromatic carbocycles. The van der Waals surface area contributed by atoms with Gasteiger partial charge in [-0.05, 0) is 46.7 Å². The number of furan rings is 1. The summed E-state index contributed by atoms with van der Waals surface area (Å²) in [5.41, 5.74) is 2.04. The molecule has 1 unspecified atom stereocenters. The van der Waals surface area contributed by atoms with Gasteiger partial charge >= 0.3 is 0 Å². The Labute approximate surface area is 127 Å². The largest absolute Gasteiger partial charge is 0.497 e. The van der Waals surface area contributed by atoms with Gasteiger partial charge in [0.05, 0.1) is 26.5 Å². The van der Waals surface area contributed by atoms with Crippen LogP contribution < -0.4 is 14.8 Å². The molecule has 0 amide bonds. The third kappa shape index (κ3) is 2.99. The van der Waals surface area contributed by atoms with Crippen molar-refractivity contribution in [3.05, 3.63) is 46.3 Å². The third-order valence-corrected chi connectivity index (χ3v) is 3.76. The number of halogens is 1. The summed E-state index contributed by atoms with van der Waals surface area (Å²) in [6, 6.07) is 7.68. The molecule has 0 spiro atoms. The molecule has 0 bridgehead atoms. The minimum atomic E-state index is -0.0295. The fourth-order valence-corrected chi connectivity index (χ4v) is 2.64. The molecular formula is C15H18BrNO3. The van der Waals surface area contributed by atoms with Crippen molar-refractivity contribution in [1.82, 2.24) is 5.32 Å². The summed E-state index contributed by atoms with van der Waals surface area (Å²) in [6.45, 7) is 2.89. The average molecular weight is 340 g/mol. The van der Waals surface area contributed by atoms with Gasteiger partial charge in [0.25, 0.3) is 0 Å². The zero-order chi connectivity index (χ0) is 14.5. The normalized spacial score (nSPS) is 12.2. The van der Waals surface area contributed by atoms with Crippen molar-refractivity contribution in [2.75, 3.05) is 20.8 Å². The lowest BCUT2D eigenvalue weighted by molar-refractivity contribution is 0.393. The quantitative estimate of drug-likeness (QED) is 0.870. The molecule has 20 heavy (non-hydrogen) atoms. The number of ether oxygens (including phenoxy) is 2. The van der Waals surface area contributed by atoms with Crippen molar-refractivity contribution in [3.8, 4) is 11.5 Å². The van der Waals surface area contributed by atoms with E-state index in [2.05, 4.69) is 28.2 Å². The van der Waals surface area contributed by atoms with Gasteiger partial charge in [0, 0.05) is 11.1 Å². The highest BCUT2D eigenvalue weighted by molar-refractivity contribution is 9.10. The maximum atomic E-state index is 5.47. The van der Waals surface area contributed by atoms with Crippen molar-refractivity contribution >= 4 is 15.9 Å². The summed E-state index contributed by atoms with van der Waals surface area (Å²) in [5, 5.41) is 3.44. The number of hydrogen-bond donors (Lipinski definition) is 1. The first-order chi connectivity index (χ1) is 9.71. The molecule has 4 nitrogen and oxygen atoms in total. The van der Waals surface area contributed by atoms with Gasteiger partial charge in [-0.1, -0.05) is 6.92 Å². The molecule has 0 fully saturated rings. The third-order valence-electron chi connectivity index (χ3n) is 3.11. The molecule has 1 aromatic heterocycles. The van der Waals surface area contributed by atoms with Crippen molar-refractivity contribution in [1.29, 1.82) is 0 Å². The molecule has 108 valence electrons. The molecule has 0 aliphatic heterocycles. The second-order valence-corrected chi connectivity index (χ2v) is 4.97. The van der Waals surface area contributed by atoms with Crippen LogP contribution in [-0.2, 0) is 0 Å². The van der Waals surface area contributed by atoms with E-state index in [1.54, 1.807) is 20.5 Å². The Hall–Kier alpha value is -1.46. The summed E-state index contributed by atoms with van der Waals surface area (Å²) in [6.07, 6.45) is 1.66. The van der Waals surface area contributed by atoms with E-state index in [0.29, 0.717) is 4.67 Å². The Bertz CT molecular complexity index is 568. The van der Waals surface area contributed by atoms with Crippen LogP contribution in [0.1, 0.15) is 24.1 Å². The van der Waals surface area contributed by atoms with Gasteiger partial charge in [0.2, 0.25) is 0 Å². The molecule has 0 radical (unpaired) electrons. The fourth-order valence-electron chi connectivity index (χ4n) is 2.17. The molecule has 0 aliphatic carbocycles. The van der Waals surface area contributed by atoms with E-state index in [9.17, 15) is 0 Å². The summed E-state index contributed by atoms with van der Waals surface area (Å²) in [4.78, 5) is 0. The van der Waals surface area contributed by atoms with Gasteiger partial charge < -0.3 is 19.2 Å². The molecule has 1 heterocycles. The zero-order valence-electron chi connectivity index (χ0n) is 11.8. The van der Waals surface area contributed by atoms with Crippen LogP contribution in [0.4, 0.5) is 0 Å². The maximum Gasteiger partial charge on any atom is 0.174 e. The molecule has 1 atom stereocenters. The van der Waals surface area contributed by atoms with E-state index in [-0.39, 0.29) is 6.04 Å². The summed E-state index contributed by atoms with van der Waals surface area (Å²) in [7, 11) is 3.32. The number of benzene rings is 1. The molecule has 0 saturated heterocycles. The lowest BCUT2D eigenvalue weighted by Gasteiger charge is -2.20. The van der Waals surface area contributed by atoms with Crippen LogP contribution in [0.5, 0.6) is 11.5 Å². The molecule has 2 aromatic rings. The summed E-state index contributed by atoms with van der Waals surface area (Å²) >= 11 is 3.44. The lowest BCUT2D eigenvalue weighted by Crippen LogP contribution is -2.22. The summed E-state index contributed by atoms with van der Waals surface area (Å²) < 4.78 is 16.8. The van der Waals surface area contributed by atoms with Gasteiger partial charge in [0.1, 0.15) is 11.5 Å². The minimum absolute atomic E-state index is 0.0295. The second kappa shape index (κ2) is 6.81. The Morgan fingerprint density at radius 3 is 2.55 bits per heavy atom. The first kappa shape index (κ1) is 14.9. The lowest BCUT2D eigenvalue weighted by atomic mass is 9.99. The van der Waals surface area contributed by atoms with Crippen molar-refractivity contribution in [2.24, 2.45) is 0 Å². The van der Waals surface area contributed by atoms with Crippen LogP contribution in [0.3, 0.4) is 0 Å².